The highest BCUT2D eigenvalue weighted by Gasteiger charge is 2.11. The number of benzene rings is 1. The van der Waals surface area contributed by atoms with E-state index < -0.39 is 0 Å². The number of nitrogens with one attached hydrogen (secondary N) is 3. The van der Waals surface area contributed by atoms with Crippen LogP contribution in [0.3, 0.4) is 0 Å². The van der Waals surface area contributed by atoms with Gasteiger partial charge >= 0.3 is 0 Å². The molecule has 1 aromatic carbocycles. The molecule has 1 amide bonds. The minimum absolute atomic E-state index is 0.0730. The summed E-state index contributed by atoms with van der Waals surface area (Å²) in [5, 5.41) is 18.2. The number of anilines is 1. The topological polar surface area (TPSA) is 80.2 Å². The van der Waals surface area contributed by atoms with Crippen LogP contribution in [0, 0.1) is 14.9 Å². The van der Waals surface area contributed by atoms with E-state index in [9.17, 15) is 4.79 Å². The normalized spacial score (nSPS) is 15.7. The average molecular weight is 425 g/mol. The van der Waals surface area contributed by atoms with Gasteiger partial charge < -0.3 is 16.0 Å². The smallest absolute Gasteiger partial charge is 0.263 e. The van der Waals surface area contributed by atoms with E-state index in [0.29, 0.717) is 6.54 Å². The highest BCUT2D eigenvalue weighted by molar-refractivity contribution is 14.1. The number of carbonyl (C=O) groups excluding carboxylic acids is 1. The van der Waals surface area contributed by atoms with Crippen molar-refractivity contribution >= 4 is 34.2 Å². The van der Waals surface area contributed by atoms with E-state index in [1.807, 2.05) is 30.3 Å². The molecule has 0 saturated carbocycles. The first-order valence-electron chi connectivity index (χ1n) is 7.52. The third-order valence-corrected chi connectivity index (χ3v) is 4.23. The maximum atomic E-state index is 12.0. The van der Waals surface area contributed by atoms with Gasteiger partial charge in [0, 0.05) is 54.7 Å². The van der Waals surface area contributed by atoms with E-state index in [0.717, 1.165) is 42.0 Å². The van der Waals surface area contributed by atoms with E-state index in [2.05, 4.69) is 43.4 Å². The molecule has 122 valence electrons. The van der Waals surface area contributed by atoms with Crippen molar-refractivity contribution in [2.45, 2.75) is 0 Å². The van der Waals surface area contributed by atoms with Gasteiger partial charge in [-0.05, 0) is 46.9 Å². The average Bonchev–Trinajstić information content (AvgIpc) is 2.58. The number of carbonyl (C=O) groups is 1. The highest BCUT2D eigenvalue weighted by Crippen LogP contribution is 2.11. The number of nitrogens with zero attached hydrogens (tertiary/aromatic N) is 2. The number of rotatable bonds is 6. The Morgan fingerprint density at radius 1 is 1.35 bits per heavy atom. The number of nitriles is 1. The van der Waals surface area contributed by atoms with Crippen LogP contribution in [0.15, 0.2) is 36.0 Å². The second-order valence-corrected chi connectivity index (χ2v) is 6.41. The van der Waals surface area contributed by atoms with Crippen LogP contribution in [-0.4, -0.2) is 50.1 Å². The third kappa shape index (κ3) is 6.17. The van der Waals surface area contributed by atoms with Crippen LogP contribution < -0.4 is 16.0 Å². The SMILES string of the molecule is N#C/C(=C/Nc1ccc(I)cc1)C(=O)NCCN1CCNCC1. The van der Waals surface area contributed by atoms with Gasteiger partial charge in [-0.25, -0.2) is 0 Å². The number of hydrogen-bond acceptors (Lipinski definition) is 5. The van der Waals surface area contributed by atoms with Crippen molar-refractivity contribution in [1.82, 2.24) is 15.5 Å². The van der Waals surface area contributed by atoms with Crippen molar-refractivity contribution in [1.29, 1.82) is 5.26 Å². The predicted molar refractivity (Wildman–Crippen MR) is 98.8 cm³/mol. The largest absolute Gasteiger partial charge is 0.360 e. The molecule has 6 nitrogen and oxygen atoms in total. The molecule has 1 aliphatic heterocycles. The number of amides is 1. The molecule has 0 spiro atoms. The molecular formula is C16H20IN5O. The summed E-state index contributed by atoms with van der Waals surface area (Å²) in [4.78, 5) is 14.3. The minimum atomic E-state index is -0.347. The van der Waals surface area contributed by atoms with Crippen LogP contribution >= 0.6 is 22.6 Å². The maximum absolute atomic E-state index is 12.0. The Morgan fingerprint density at radius 3 is 2.70 bits per heavy atom. The zero-order valence-electron chi connectivity index (χ0n) is 12.8. The summed E-state index contributed by atoms with van der Waals surface area (Å²) < 4.78 is 1.13. The van der Waals surface area contributed by atoms with Crippen LogP contribution in [0.4, 0.5) is 5.69 Å². The summed E-state index contributed by atoms with van der Waals surface area (Å²) >= 11 is 2.22. The van der Waals surface area contributed by atoms with Gasteiger partial charge in [0.1, 0.15) is 11.6 Å². The summed E-state index contributed by atoms with van der Waals surface area (Å²) in [6.45, 7) is 5.29. The van der Waals surface area contributed by atoms with Crippen molar-refractivity contribution in [2.24, 2.45) is 0 Å². The van der Waals surface area contributed by atoms with Gasteiger partial charge in [-0.1, -0.05) is 0 Å². The van der Waals surface area contributed by atoms with E-state index in [1.165, 1.54) is 6.20 Å². The fourth-order valence-corrected chi connectivity index (χ4v) is 2.57. The molecule has 1 heterocycles. The lowest BCUT2D eigenvalue weighted by Gasteiger charge is -2.27. The molecular weight excluding hydrogens is 405 g/mol. The Balaban J connectivity index is 1.79. The second-order valence-electron chi connectivity index (χ2n) is 5.17. The first-order chi connectivity index (χ1) is 11.2. The molecule has 0 aromatic heterocycles. The predicted octanol–water partition coefficient (Wildman–Crippen LogP) is 1.13. The highest BCUT2D eigenvalue weighted by atomic mass is 127. The van der Waals surface area contributed by atoms with Crippen molar-refractivity contribution in [3.05, 3.63) is 39.6 Å². The molecule has 0 radical (unpaired) electrons. The molecule has 0 unspecified atom stereocenters. The molecule has 7 heteroatoms. The van der Waals surface area contributed by atoms with Crippen LogP contribution in [0.2, 0.25) is 0 Å². The molecule has 2 rings (SSSR count). The summed E-state index contributed by atoms with van der Waals surface area (Å²) in [5.41, 5.74) is 0.913. The van der Waals surface area contributed by atoms with E-state index in [-0.39, 0.29) is 11.5 Å². The third-order valence-electron chi connectivity index (χ3n) is 3.52. The Kier molecular flexibility index (Phi) is 7.32. The van der Waals surface area contributed by atoms with Gasteiger partial charge in [0.2, 0.25) is 0 Å². The summed E-state index contributed by atoms with van der Waals surface area (Å²) in [6.07, 6.45) is 1.45. The zero-order chi connectivity index (χ0) is 16.5. The van der Waals surface area contributed by atoms with Crippen LogP contribution in [0.5, 0.6) is 0 Å². The molecule has 0 atom stereocenters. The zero-order valence-corrected chi connectivity index (χ0v) is 15.0. The van der Waals surface area contributed by atoms with Gasteiger partial charge in [0.05, 0.1) is 0 Å². The van der Waals surface area contributed by atoms with Crippen molar-refractivity contribution in [3.8, 4) is 6.07 Å². The standard InChI is InChI=1S/C16H20IN5O/c17-14-1-3-15(4-2-14)21-12-13(11-18)16(23)20-7-10-22-8-5-19-6-9-22/h1-4,12,19,21H,5-10H2,(H,20,23)/b13-12-. The Bertz CT molecular complexity index is 587. The monoisotopic (exact) mass is 425 g/mol. The maximum Gasteiger partial charge on any atom is 0.263 e. The van der Waals surface area contributed by atoms with Crippen molar-refractivity contribution in [3.63, 3.8) is 0 Å². The van der Waals surface area contributed by atoms with Crippen LogP contribution in [0.1, 0.15) is 0 Å². The van der Waals surface area contributed by atoms with Gasteiger partial charge in [-0.3, -0.25) is 9.69 Å². The van der Waals surface area contributed by atoms with Gasteiger partial charge in [0.25, 0.3) is 5.91 Å². The summed E-state index contributed by atoms with van der Waals surface area (Å²) in [7, 11) is 0. The molecule has 1 saturated heterocycles. The number of hydrogen-bond donors (Lipinski definition) is 3. The lowest BCUT2D eigenvalue weighted by atomic mass is 10.2. The molecule has 1 fully saturated rings. The van der Waals surface area contributed by atoms with Crippen molar-refractivity contribution < 1.29 is 4.79 Å². The molecule has 23 heavy (non-hydrogen) atoms. The number of piperazine rings is 1. The van der Waals surface area contributed by atoms with Gasteiger partial charge in [0.15, 0.2) is 0 Å². The van der Waals surface area contributed by atoms with Crippen molar-refractivity contribution in [2.75, 3.05) is 44.6 Å². The molecule has 3 N–H and O–H groups in total. The summed E-state index contributed by atoms with van der Waals surface area (Å²) in [5.74, 6) is -0.347. The Hall–Kier alpha value is -1.63. The van der Waals surface area contributed by atoms with Gasteiger partial charge in [-0.2, -0.15) is 5.26 Å². The first-order valence-corrected chi connectivity index (χ1v) is 8.60. The Morgan fingerprint density at radius 2 is 2.04 bits per heavy atom. The fourth-order valence-electron chi connectivity index (χ4n) is 2.21. The van der Waals surface area contributed by atoms with Gasteiger partial charge in [-0.15, -0.1) is 0 Å². The minimum Gasteiger partial charge on any atom is -0.360 e. The molecule has 0 aliphatic carbocycles. The lowest BCUT2D eigenvalue weighted by molar-refractivity contribution is -0.117. The fraction of sp³-hybridized carbons (Fsp3) is 0.375. The van der Waals surface area contributed by atoms with Crippen LogP contribution in [0.25, 0.3) is 0 Å². The lowest BCUT2D eigenvalue weighted by Crippen LogP contribution is -2.46. The second kappa shape index (κ2) is 9.50. The van der Waals surface area contributed by atoms with E-state index >= 15 is 0 Å². The quantitative estimate of drug-likeness (QED) is 0.362. The summed E-state index contributed by atoms with van der Waals surface area (Å²) in [6, 6.07) is 9.64. The first kappa shape index (κ1) is 17.7. The van der Waals surface area contributed by atoms with Crippen LogP contribution in [-0.2, 0) is 4.79 Å². The van der Waals surface area contributed by atoms with E-state index in [4.69, 9.17) is 5.26 Å². The molecule has 1 aromatic rings. The molecule has 1 aliphatic rings. The number of halogens is 1. The molecule has 0 bridgehead atoms. The van der Waals surface area contributed by atoms with E-state index in [1.54, 1.807) is 0 Å². The Labute approximate surface area is 150 Å².